The zero-order chi connectivity index (χ0) is 19.8. The standard InChI is InChI=1S/C21H33N3O3S/c25-21(12-11-19-7-3-1-4-8-19)22-13-14-23-15-17-24(18-16-23)28(26,27)20-9-5-2-6-10-20/h2,5-6,9-10,19H,1,3-4,7-8,11-18H2,(H,22,25). The fourth-order valence-electron chi connectivity index (χ4n) is 4.19. The van der Waals surface area contributed by atoms with Crippen LogP contribution in [0, 0.1) is 5.92 Å². The van der Waals surface area contributed by atoms with Crippen molar-refractivity contribution in [3.05, 3.63) is 30.3 Å². The first-order valence-electron chi connectivity index (χ1n) is 10.6. The van der Waals surface area contributed by atoms with Crippen LogP contribution < -0.4 is 5.32 Å². The Balaban J connectivity index is 1.33. The van der Waals surface area contributed by atoms with Crippen molar-refractivity contribution < 1.29 is 13.2 Å². The van der Waals surface area contributed by atoms with Crippen LogP contribution in [0.2, 0.25) is 0 Å². The molecule has 3 rings (SSSR count). The van der Waals surface area contributed by atoms with Crippen molar-refractivity contribution in [3.63, 3.8) is 0 Å². The van der Waals surface area contributed by atoms with Crippen LogP contribution in [0.3, 0.4) is 0 Å². The summed E-state index contributed by atoms with van der Waals surface area (Å²) in [6.07, 6.45) is 8.20. The van der Waals surface area contributed by atoms with Crippen molar-refractivity contribution in [2.75, 3.05) is 39.3 Å². The number of rotatable bonds is 8. The highest BCUT2D eigenvalue weighted by Crippen LogP contribution is 2.27. The Kier molecular flexibility index (Phi) is 7.88. The number of nitrogens with zero attached hydrogens (tertiary/aromatic N) is 2. The third-order valence-electron chi connectivity index (χ3n) is 5.97. The Hall–Kier alpha value is -1.44. The molecule has 1 aromatic carbocycles. The van der Waals surface area contributed by atoms with Gasteiger partial charge in [0.1, 0.15) is 0 Å². The largest absolute Gasteiger partial charge is 0.355 e. The molecule has 156 valence electrons. The summed E-state index contributed by atoms with van der Waals surface area (Å²) >= 11 is 0. The molecule has 1 aliphatic heterocycles. The lowest BCUT2D eigenvalue weighted by atomic mass is 9.86. The van der Waals surface area contributed by atoms with Gasteiger partial charge in [0.05, 0.1) is 4.90 Å². The van der Waals surface area contributed by atoms with Crippen LogP contribution in [0.15, 0.2) is 35.2 Å². The number of carbonyl (C=O) groups excluding carboxylic acids is 1. The van der Waals surface area contributed by atoms with Crippen molar-refractivity contribution in [2.24, 2.45) is 5.92 Å². The molecule has 1 amide bonds. The molecular weight excluding hydrogens is 374 g/mol. The zero-order valence-electron chi connectivity index (χ0n) is 16.7. The van der Waals surface area contributed by atoms with E-state index in [4.69, 9.17) is 0 Å². The summed E-state index contributed by atoms with van der Waals surface area (Å²) in [5.74, 6) is 0.884. The second kappa shape index (κ2) is 10.4. The second-order valence-corrected chi connectivity index (χ2v) is 9.89. The lowest BCUT2D eigenvalue weighted by Gasteiger charge is -2.34. The van der Waals surface area contributed by atoms with Gasteiger partial charge < -0.3 is 5.32 Å². The highest BCUT2D eigenvalue weighted by atomic mass is 32.2. The number of nitrogens with one attached hydrogen (secondary N) is 1. The molecule has 1 N–H and O–H groups in total. The highest BCUT2D eigenvalue weighted by Gasteiger charge is 2.28. The summed E-state index contributed by atoms with van der Waals surface area (Å²) in [6, 6.07) is 8.61. The number of hydrogen-bond acceptors (Lipinski definition) is 4. The topological polar surface area (TPSA) is 69.7 Å². The van der Waals surface area contributed by atoms with Gasteiger partial charge in [0.15, 0.2) is 0 Å². The minimum Gasteiger partial charge on any atom is -0.355 e. The van der Waals surface area contributed by atoms with Crippen molar-refractivity contribution in [2.45, 2.75) is 49.8 Å². The summed E-state index contributed by atoms with van der Waals surface area (Å²) in [4.78, 5) is 14.6. The number of carbonyl (C=O) groups is 1. The number of sulfonamides is 1. The van der Waals surface area contributed by atoms with E-state index in [9.17, 15) is 13.2 Å². The molecule has 7 heteroatoms. The summed E-state index contributed by atoms with van der Waals surface area (Å²) in [5.41, 5.74) is 0. The van der Waals surface area contributed by atoms with Gasteiger partial charge in [-0.15, -0.1) is 0 Å². The summed E-state index contributed by atoms with van der Waals surface area (Å²) in [6.45, 7) is 3.79. The number of hydrogen-bond donors (Lipinski definition) is 1. The van der Waals surface area contributed by atoms with Crippen molar-refractivity contribution in [3.8, 4) is 0 Å². The lowest BCUT2D eigenvalue weighted by Crippen LogP contribution is -2.50. The van der Waals surface area contributed by atoms with Crippen LogP contribution in [0.4, 0.5) is 0 Å². The molecule has 2 aliphatic rings. The van der Waals surface area contributed by atoms with Crippen molar-refractivity contribution in [1.29, 1.82) is 0 Å². The molecule has 0 bridgehead atoms. The van der Waals surface area contributed by atoms with Crippen molar-refractivity contribution in [1.82, 2.24) is 14.5 Å². The first-order chi connectivity index (χ1) is 13.6. The molecule has 1 heterocycles. The fourth-order valence-corrected chi connectivity index (χ4v) is 5.63. The molecule has 0 spiro atoms. The minimum atomic E-state index is -3.40. The quantitative estimate of drug-likeness (QED) is 0.719. The van der Waals surface area contributed by atoms with E-state index in [0.717, 1.165) is 18.9 Å². The molecule has 1 saturated heterocycles. The molecule has 2 fully saturated rings. The van der Waals surface area contributed by atoms with Crippen LogP contribution in [0.25, 0.3) is 0 Å². The Bertz CT molecular complexity index is 710. The Morgan fingerprint density at radius 3 is 2.36 bits per heavy atom. The van der Waals surface area contributed by atoms with E-state index >= 15 is 0 Å². The summed E-state index contributed by atoms with van der Waals surface area (Å²) in [5, 5.41) is 3.02. The van der Waals surface area contributed by atoms with E-state index in [0.29, 0.717) is 44.0 Å². The first kappa shape index (κ1) is 21.3. The smallest absolute Gasteiger partial charge is 0.243 e. The Morgan fingerprint density at radius 2 is 1.68 bits per heavy atom. The van der Waals surface area contributed by atoms with Gasteiger partial charge in [0, 0.05) is 45.7 Å². The molecule has 0 aromatic heterocycles. The number of benzene rings is 1. The van der Waals surface area contributed by atoms with Gasteiger partial charge in [-0.25, -0.2) is 8.42 Å². The SMILES string of the molecule is O=C(CCC1CCCCC1)NCCN1CCN(S(=O)(=O)c2ccccc2)CC1. The zero-order valence-corrected chi connectivity index (χ0v) is 17.5. The van der Waals surface area contributed by atoms with Gasteiger partial charge in [-0.3, -0.25) is 9.69 Å². The molecule has 1 saturated carbocycles. The Morgan fingerprint density at radius 1 is 1.00 bits per heavy atom. The van der Waals surface area contributed by atoms with E-state index in [1.807, 2.05) is 6.07 Å². The van der Waals surface area contributed by atoms with Crippen LogP contribution in [-0.2, 0) is 14.8 Å². The van der Waals surface area contributed by atoms with E-state index in [1.54, 1.807) is 28.6 Å². The first-order valence-corrected chi connectivity index (χ1v) is 12.0. The van der Waals surface area contributed by atoms with E-state index < -0.39 is 10.0 Å². The second-order valence-electron chi connectivity index (χ2n) is 7.95. The molecule has 0 atom stereocenters. The average molecular weight is 408 g/mol. The molecule has 6 nitrogen and oxygen atoms in total. The summed E-state index contributed by atoms with van der Waals surface area (Å²) in [7, 11) is -3.40. The molecule has 0 unspecified atom stereocenters. The molecule has 28 heavy (non-hydrogen) atoms. The molecule has 0 radical (unpaired) electrons. The maximum absolute atomic E-state index is 12.7. The third-order valence-corrected chi connectivity index (χ3v) is 7.88. The fraction of sp³-hybridized carbons (Fsp3) is 0.667. The number of amides is 1. The van der Waals surface area contributed by atoms with E-state index in [1.165, 1.54) is 32.1 Å². The van der Waals surface area contributed by atoms with Crippen LogP contribution in [0.5, 0.6) is 0 Å². The predicted octanol–water partition coefficient (Wildman–Crippen LogP) is 2.47. The van der Waals surface area contributed by atoms with E-state index in [2.05, 4.69) is 10.2 Å². The van der Waals surface area contributed by atoms with Gasteiger partial charge in [-0.2, -0.15) is 4.31 Å². The third kappa shape index (κ3) is 6.03. The van der Waals surface area contributed by atoms with Gasteiger partial charge in [-0.1, -0.05) is 50.3 Å². The van der Waals surface area contributed by atoms with Gasteiger partial charge in [0.2, 0.25) is 15.9 Å². The Labute approximate surface area is 169 Å². The minimum absolute atomic E-state index is 0.149. The maximum Gasteiger partial charge on any atom is 0.243 e. The van der Waals surface area contributed by atoms with Gasteiger partial charge in [0.25, 0.3) is 0 Å². The van der Waals surface area contributed by atoms with Crippen LogP contribution in [0.1, 0.15) is 44.9 Å². The average Bonchev–Trinajstić information content (AvgIpc) is 2.74. The molecular formula is C21H33N3O3S. The normalized spacial score (nSPS) is 20.1. The molecule has 1 aliphatic carbocycles. The monoisotopic (exact) mass is 407 g/mol. The summed E-state index contributed by atoms with van der Waals surface area (Å²) < 4.78 is 26.9. The van der Waals surface area contributed by atoms with Crippen LogP contribution in [-0.4, -0.2) is 62.8 Å². The maximum atomic E-state index is 12.7. The van der Waals surface area contributed by atoms with Gasteiger partial charge >= 0.3 is 0 Å². The number of piperazine rings is 1. The highest BCUT2D eigenvalue weighted by molar-refractivity contribution is 7.89. The van der Waals surface area contributed by atoms with Crippen LogP contribution >= 0.6 is 0 Å². The predicted molar refractivity (Wildman–Crippen MR) is 110 cm³/mol. The van der Waals surface area contributed by atoms with Gasteiger partial charge in [-0.05, 0) is 24.5 Å². The lowest BCUT2D eigenvalue weighted by molar-refractivity contribution is -0.121. The van der Waals surface area contributed by atoms with E-state index in [-0.39, 0.29) is 5.91 Å². The molecule has 1 aromatic rings. The van der Waals surface area contributed by atoms with Crippen molar-refractivity contribution >= 4 is 15.9 Å².